The van der Waals surface area contributed by atoms with Crippen LogP contribution < -0.4 is 5.73 Å². The molecule has 0 fully saturated rings. The van der Waals surface area contributed by atoms with Crippen molar-refractivity contribution in [1.82, 2.24) is 14.8 Å². The number of anilines is 1. The Kier molecular flexibility index (Phi) is 2.72. The van der Waals surface area contributed by atoms with Crippen LogP contribution in [-0.2, 0) is 0 Å². The molecule has 0 aliphatic carbocycles. The number of hydrogen-bond donors (Lipinski definition) is 1. The van der Waals surface area contributed by atoms with Crippen LogP contribution in [0.15, 0.2) is 60.7 Å². The van der Waals surface area contributed by atoms with Crippen molar-refractivity contribution in [2.24, 2.45) is 0 Å². The minimum atomic E-state index is 0.591. The predicted molar refractivity (Wildman–Crippen MR) is 86.6 cm³/mol. The third-order valence-electron chi connectivity index (χ3n) is 3.27. The van der Waals surface area contributed by atoms with Gasteiger partial charge in [-0.3, -0.25) is 0 Å². The lowest BCUT2D eigenvalue weighted by atomic mass is 10.2. The van der Waals surface area contributed by atoms with E-state index in [9.17, 15) is 0 Å². The second kappa shape index (κ2) is 4.71. The lowest BCUT2D eigenvalue weighted by molar-refractivity contribution is 0.887. The van der Waals surface area contributed by atoms with Gasteiger partial charge >= 0.3 is 0 Å². The maximum Gasteiger partial charge on any atom is 0.213 e. The van der Waals surface area contributed by atoms with Crippen molar-refractivity contribution >= 4 is 27.4 Å². The molecule has 0 aliphatic heterocycles. The summed E-state index contributed by atoms with van der Waals surface area (Å²) in [7, 11) is 0. The van der Waals surface area contributed by atoms with Crippen molar-refractivity contribution < 1.29 is 0 Å². The molecule has 0 radical (unpaired) electrons. The van der Waals surface area contributed by atoms with E-state index in [1.165, 1.54) is 0 Å². The van der Waals surface area contributed by atoms with Crippen molar-refractivity contribution in [2.45, 2.75) is 0 Å². The maximum absolute atomic E-state index is 6.10. The predicted octanol–water partition coefficient (Wildman–Crippen LogP) is 3.73. The number of benzene rings is 2. The molecule has 0 unspecified atom stereocenters. The van der Waals surface area contributed by atoms with Gasteiger partial charge in [0.15, 0.2) is 0 Å². The zero-order valence-corrected chi connectivity index (χ0v) is 11.9. The third kappa shape index (κ3) is 2.08. The van der Waals surface area contributed by atoms with Gasteiger partial charge in [-0.1, -0.05) is 53.8 Å². The van der Waals surface area contributed by atoms with Gasteiger partial charge in [-0.05, 0) is 12.1 Å². The van der Waals surface area contributed by atoms with Gasteiger partial charge in [-0.2, -0.15) is 9.78 Å². The molecular formula is C16H12N4S. The molecule has 4 rings (SSSR count). The first kappa shape index (κ1) is 12.1. The lowest BCUT2D eigenvalue weighted by Gasteiger charge is -1.97. The fourth-order valence-corrected chi connectivity index (χ4v) is 3.19. The monoisotopic (exact) mass is 292 g/mol. The molecule has 2 aromatic heterocycles. The Hall–Kier alpha value is -2.66. The Morgan fingerprint density at radius 3 is 2.52 bits per heavy atom. The summed E-state index contributed by atoms with van der Waals surface area (Å²) < 4.78 is 2.83. The van der Waals surface area contributed by atoms with Gasteiger partial charge in [0.2, 0.25) is 5.13 Å². The number of rotatable bonds is 2. The number of fused-ring (bicyclic) bond motifs is 1. The van der Waals surface area contributed by atoms with E-state index in [1.807, 2.05) is 60.7 Å². The van der Waals surface area contributed by atoms with Crippen LogP contribution in [0.2, 0.25) is 0 Å². The summed E-state index contributed by atoms with van der Waals surface area (Å²) in [5.74, 6) is 0.591. The zero-order valence-electron chi connectivity index (χ0n) is 11.1. The highest BCUT2D eigenvalue weighted by molar-refractivity contribution is 7.20. The molecule has 0 amide bonds. The number of aromatic nitrogens is 3. The number of nitrogen functional groups attached to an aromatic ring is 1. The summed E-state index contributed by atoms with van der Waals surface area (Å²) in [6, 6.07) is 19.9. The molecule has 0 bridgehead atoms. The number of para-hydroxylation sites is 1. The van der Waals surface area contributed by atoms with E-state index in [4.69, 9.17) is 5.73 Å². The van der Waals surface area contributed by atoms with Crippen LogP contribution in [0, 0.1) is 0 Å². The van der Waals surface area contributed by atoms with Crippen molar-refractivity contribution in [2.75, 3.05) is 5.73 Å². The Bertz CT molecular complexity index is 875. The molecule has 4 nitrogen and oxygen atoms in total. The van der Waals surface area contributed by atoms with Crippen LogP contribution in [0.1, 0.15) is 0 Å². The van der Waals surface area contributed by atoms with E-state index in [2.05, 4.69) is 10.1 Å². The summed E-state index contributed by atoms with van der Waals surface area (Å²) in [6.45, 7) is 0. The Labute approximate surface area is 125 Å². The van der Waals surface area contributed by atoms with Gasteiger partial charge in [0.25, 0.3) is 0 Å². The fraction of sp³-hybridized carbons (Fsp3) is 0. The van der Waals surface area contributed by atoms with Crippen LogP contribution in [0.5, 0.6) is 0 Å². The summed E-state index contributed by atoms with van der Waals surface area (Å²) in [6.07, 6.45) is 0. The number of nitrogens with two attached hydrogens (primary N) is 1. The van der Waals surface area contributed by atoms with Crippen molar-refractivity contribution in [3.8, 4) is 16.4 Å². The second-order valence-electron chi connectivity index (χ2n) is 4.70. The summed E-state index contributed by atoms with van der Waals surface area (Å²) >= 11 is 1.58. The Morgan fingerprint density at radius 2 is 1.71 bits per heavy atom. The average Bonchev–Trinajstić information content (AvgIpc) is 3.11. The SMILES string of the molecule is Nc1cc(-c2ccccc2)nn1-c1nc2ccccc2s1. The van der Waals surface area contributed by atoms with Gasteiger partial charge < -0.3 is 5.73 Å². The molecule has 5 heteroatoms. The van der Waals surface area contributed by atoms with E-state index < -0.39 is 0 Å². The van der Waals surface area contributed by atoms with Crippen LogP contribution >= 0.6 is 11.3 Å². The van der Waals surface area contributed by atoms with E-state index in [-0.39, 0.29) is 0 Å². The van der Waals surface area contributed by atoms with Crippen LogP contribution in [0.3, 0.4) is 0 Å². The lowest BCUT2D eigenvalue weighted by Crippen LogP contribution is -2.00. The van der Waals surface area contributed by atoms with Gasteiger partial charge in [0.1, 0.15) is 5.82 Å². The summed E-state index contributed by atoms with van der Waals surface area (Å²) in [5.41, 5.74) is 8.97. The number of nitrogens with zero attached hydrogens (tertiary/aromatic N) is 3. The zero-order chi connectivity index (χ0) is 14.2. The largest absolute Gasteiger partial charge is 0.383 e. The van der Waals surface area contributed by atoms with E-state index in [0.29, 0.717) is 5.82 Å². The maximum atomic E-state index is 6.10. The smallest absolute Gasteiger partial charge is 0.213 e. The van der Waals surface area contributed by atoms with E-state index >= 15 is 0 Å². The molecule has 102 valence electrons. The minimum absolute atomic E-state index is 0.591. The van der Waals surface area contributed by atoms with Crippen molar-refractivity contribution in [3.05, 3.63) is 60.7 Å². The van der Waals surface area contributed by atoms with Gasteiger partial charge in [-0.25, -0.2) is 4.98 Å². The molecule has 0 saturated heterocycles. The fourth-order valence-electron chi connectivity index (χ4n) is 2.25. The topological polar surface area (TPSA) is 56.7 Å². The second-order valence-corrected chi connectivity index (χ2v) is 5.71. The van der Waals surface area contributed by atoms with Gasteiger partial charge in [-0.15, -0.1) is 0 Å². The number of hydrogen-bond acceptors (Lipinski definition) is 4. The molecule has 2 N–H and O–H groups in total. The third-order valence-corrected chi connectivity index (χ3v) is 4.28. The summed E-state index contributed by atoms with van der Waals surface area (Å²) in [4.78, 5) is 4.59. The molecular weight excluding hydrogens is 280 g/mol. The highest BCUT2D eigenvalue weighted by Gasteiger charge is 2.12. The van der Waals surface area contributed by atoms with Gasteiger partial charge in [0, 0.05) is 11.6 Å². The van der Waals surface area contributed by atoms with Crippen molar-refractivity contribution in [1.29, 1.82) is 0 Å². The Morgan fingerprint density at radius 1 is 0.952 bits per heavy atom. The first-order valence-electron chi connectivity index (χ1n) is 6.58. The molecule has 4 aromatic rings. The van der Waals surface area contributed by atoms with Crippen LogP contribution in [0.25, 0.3) is 26.6 Å². The first-order valence-corrected chi connectivity index (χ1v) is 7.40. The average molecular weight is 292 g/mol. The van der Waals surface area contributed by atoms with Crippen molar-refractivity contribution in [3.63, 3.8) is 0 Å². The van der Waals surface area contributed by atoms with E-state index in [0.717, 1.165) is 26.6 Å². The van der Waals surface area contributed by atoms with Crippen LogP contribution in [-0.4, -0.2) is 14.8 Å². The molecule has 2 aromatic carbocycles. The quantitative estimate of drug-likeness (QED) is 0.612. The van der Waals surface area contributed by atoms with Gasteiger partial charge in [0.05, 0.1) is 15.9 Å². The molecule has 21 heavy (non-hydrogen) atoms. The minimum Gasteiger partial charge on any atom is -0.383 e. The molecule has 0 aliphatic rings. The molecule has 0 spiro atoms. The van der Waals surface area contributed by atoms with E-state index in [1.54, 1.807) is 16.0 Å². The highest BCUT2D eigenvalue weighted by atomic mass is 32.1. The normalized spacial score (nSPS) is 11.0. The molecule has 2 heterocycles. The summed E-state index contributed by atoms with van der Waals surface area (Å²) in [5, 5.41) is 5.37. The molecule has 0 atom stereocenters. The Balaban J connectivity index is 1.84. The molecule has 0 saturated carbocycles. The number of thiazole rings is 1. The highest BCUT2D eigenvalue weighted by Crippen LogP contribution is 2.28. The standard InChI is InChI=1S/C16H12N4S/c17-15-10-13(11-6-2-1-3-7-11)19-20(15)16-18-12-8-4-5-9-14(12)21-16/h1-10H,17H2. The van der Waals surface area contributed by atoms with Crippen LogP contribution in [0.4, 0.5) is 5.82 Å². The first-order chi connectivity index (χ1) is 10.3.